The monoisotopic (exact) mass is 288 g/mol. The maximum absolute atomic E-state index is 9.72. The van der Waals surface area contributed by atoms with Gasteiger partial charge >= 0.3 is 0 Å². The number of pyridine rings is 1. The van der Waals surface area contributed by atoms with E-state index in [9.17, 15) is 5.11 Å². The highest BCUT2D eigenvalue weighted by Gasteiger charge is 2.25. The van der Waals surface area contributed by atoms with Gasteiger partial charge in [-0.15, -0.1) is 0 Å². The maximum Gasteiger partial charge on any atom is 0.135 e. The second-order valence-electron chi connectivity index (χ2n) is 5.08. The fourth-order valence-corrected chi connectivity index (χ4v) is 3.00. The molecule has 2 rings (SSSR count). The lowest BCUT2D eigenvalue weighted by Gasteiger charge is -2.34. The Bertz CT molecular complexity index is 416. The molecule has 0 bridgehead atoms. The zero-order valence-electron chi connectivity index (χ0n) is 10.7. The molecule has 100 valence electrons. The van der Waals surface area contributed by atoms with Crippen molar-refractivity contribution in [2.45, 2.75) is 32.9 Å². The highest BCUT2D eigenvalue weighted by Crippen LogP contribution is 2.27. The van der Waals surface area contributed by atoms with Crippen LogP contribution in [0.1, 0.15) is 24.6 Å². The van der Waals surface area contributed by atoms with E-state index in [0.717, 1.165) is 30.8 Å². The number of hydrogen-bond acceptors (Lipinski definition) is 3. The Kier molecular flexibility index (Phi) is 4.49. The molecule has 2 atom stereocenters. The van der Waals surface area contributed by atoms with Gasteiger partial charge in [0.2, 0.25) is 0 Å². The second kappa shape index (κ2) is 5.74. The van der Waals surface area contributed by atoms with Gasteiger partial charge in [0.1, 0.15) is 5.15 Å². The van der Waals surface area contributed by atoms with Gasteiger partial charge in [-0.2, -0.15) is 0 Å². The fraction of sp³-hybridized carbons (Fsp3) is 0.615. The number of nitrogens with zero attached hydrogens (tertiary/aromatic N) is 2. The van der Waals surface area contributed by atoms with Crippen molar-refractivity contribution in [3.63, 3.8) is 0 Å². The Morgan fingerprint density at radius 2 is 2.22 bits per heavy atom. The summed E-state index contributed by atoms with van der Waals surface area (Å²) < 4.78 is 0. The number of rotatable bonds is 2. The smallest absolute Gasteiger partial charge is 0.135 e. The van der Waals surface area contributed by atoms with Crippen molar-refractivity contribution in [1.82, 2.24) is 9.88 Å². The van der Waals surface area contributed by atoms with E-state index in [1.54, 1.807) is 0 Å². The highest BCUT2D eigenvalue weighted by molar-refractivity contribution is 6.35. The lowest BCUT2D eigenvalue weighted by atomic mass is 9.96. The lowest BCUT2D eigenvalue weighted by molar-refractivity contribution is 0.0320. The fourth-order valence-electron chi connectivity index (χ4n) is 2.35. The molecule has 0 spiro atoms. The molecule has 2 heterocycles. The van der Waals surface area contributed by atoms with Gasteiger partial charge in [-0.05, 0) is 25.3 Å². The first kappa shape index (κ1) is 14.1. The number of aromatic nitrogens is 1. The first-order valence-electron chi connectivity index (χ1n) is 6.19. The first-order valence-corrected chi connectivity index (χ1v) is 6.95. The second-order valence-corrected chi connectivity index (χ2v) is 5.85. The zero-order chi connectivity index (χ0) is 13.3. The molecule has 1 fully saturated rings. The van der Waals surface area contributed by atoms with Crippen LogP contribution in [-0.2, 0) is 6.54 Å². The van der Waals surface area contributed by atoms with Gasteiger partial charge in [-0.25, -0.2) is 4.98 Å². The molecule has 1 aromatic rings. The molecular formula is C13H18Cl2N2O. The molecule has 1 aromatic heterocycles. The predicted octanol–water partition coefficient (Wildman–Crippen LogP) is 2.90. The van der Waals surface area contributed by atoms with Crippen molar-refractivity contribution in [3.8, 4) is 0 Å². The Hall–Kier alpha value is -0.350. The van der Waals surface area contributed by atoms with Crippen LogP contribution >= 0.6 is 23.2 Å². The summed E-state index contributed by atoms with van der Waals surface area (Å²) in [4.78, 5) is 6.50. The van der Waals surface area contributed by atoms with Crippen molar-refractivity contribution in [3.05, 3.63) is 27.5 Å². The third kappa shape index (κ3) is 3.15. The van der Waals surface area contributed by atoms with Crippen molar-refractivity contribution in [2.24, 2.45) is 5.92 Å². The van der Waals surface area contributed by atoms with Crippen LogP contribution in [0, 0.1) is 12.8 Å². The van der Waals surface area contributed by atoms with Crippen LogP contribution in [0.2, 0.25) is 10.2 Å². The molecule has 0 aliphatic carbocycles. The van der Waals surface area contributed by atoms with Gasteiger partial charge in [0.05, 0.1) is 6.10 Å². The number of halogens is 2. The van der Waals surface area contributed by atoms with Crippen LogP contribution in [0.15, 0.2) is 6.07 Å². The molecule has 1 aliphatic heterocycles. The minimum atomic E-state index is -0.191. The molecule has 2 unspecified atom stereocenters. The molecule has 1 aliphatic rings. The van der Waals surface area contributed by atoms with E-state index in [0.29, 0.717) is 16.7 Å². The average Bonchev–Trinajstić information content (AvgIpc) is 2.28. The predicted molar refractivity (Wildman–Crippen MR) is 74.1 cm³/mol. The molecule has 1 N–H and O–H groups in total. The SMILES string of the molecule is Cc1cc(Cl)c(CN2CCC(O)C(C)C2)c(Cl)n1. The Balaban J connectivity index is 2.10. The normalized spacial score (nSPS) is 25.4. The van der Waals surface area contributed by atoms with Gasteiger partial charge in [-0.1, -0.05) is 30.1 Å². The minimum Gasteiger partial charge on any atom is -0.393 e. The minimum absolute atomic E-state index is 0.191. The van der Waals surface area contributed by atoms with Gasteiger partial charge in [0, 0.05) is 35.9 Å². The molecule has 0 radical (unpaired) electrons. The van der Waals surface area contributed by atoms with E-state index in [2.05, 4.69) is 16.8 Å². The summed E-state index contributed by atoms with van der Waals surface area (Å²) in [6, 6.07) is 1.84. The van der Waals surface area contributed by atoms with Crippen LogP contribution in [-0.4, -0.2) is 34.2 Å². The van der Waals surface area contributed by atoms with Crippen molar-refractivity contribution in [1.29, 1.82) is 0 Å². The summed E-state index contributed by atoms with van der Waals surface area (Å²) in [5.74, 6) is 0.287. The summed E-state index contributed by atoms with van der Waals surface area (Å²) in [7, 11) is 0. The third-order valence-electron chi connectivity index (χ3n) is 3.47. The summed E-state index contributed by atoms with van der Waals surface area (Å²) in [5.41, 5.74) is 1.71. The Morgan fingerprint density at radius 1 is 1.50 bits per heavy atom. The van der Waals surface area contributed by atoms with Crippen LogP contribution in [0.4, 0.5) is 0 Å². The van der Waals surface area contributed by atoms with Crippen molar-refractivity contribution >= 4 is 23.2 Å². The van der Waals surface area contributed by atoms with Crippen LogP contribution in [0.25, 0.3) is 0 Å². The maximum atomic E-state index is 9.72. The number of likely N-dealkylation sites (tertiary alicyclic amines) is 1. The van der Waals surface area contributed by atoms with Crippen LogP contribution < -0.4 is 0 Å². The van der Waals surface area contributed by atoms with Gasteiger partial charge in [0.25, 0.3) is 0 Å². The third-order valence-corrected chi connectivity index (χ3v) is 4.12. The van der Waals surface area contributed by atoms with Gasteiger partial charge in [0.15, 0.2) is 0 Å². The van der Waals surface area contributed by atoms with Crippen LogP contribution in [0.5, 0.6) is 0 Å². The van der Waals surface area contributed by atoms with E-state index in [-0.39, 0.29) is 12.0 Å². The van der Waals surface area contributed by atoms with Crippen molar-refractivity contribution < 1.29 is 5.11 Å². The van der Waals surface area contributed by atoms with E-state index in [4.69, 9.17) is 23.2 Å². The van der Waals surface area contributed by atoms with Gasteiger partial charge < -0.3 is 5.11 Å². The molecule has 5 heteroatoms. The molecule has 0 aromatic carbocycles. The number of hydrogen-bond donors (Lipinski definition) is 1. The van der Waals surface area contributed by atoms with Crippen LogP contribution in [0.3, 0.4) is 0 Å². The summed E-state index contributed by atoms with van der Waals surface area (Å²) >= 11 is 12.4. The topological polar surface area (TPSA) is 36.4 Å². The number of piperidine rings is 1. The largest absolute Gasteiger partial charge is 0.393 e. The van der Waals surface area contributed by atoms with Crippen molar-refractivity contribution in [2.75, 3.05) is 13.1 Å². The average molecular weight is 289 g/mol. The van der Waals surface area contributed by atoms with E-state index < -0.39 is 0 Å². The summed E-state index contributed by atoms with van der Waals surface area (Å²) in [5, 5.41) is 10.9. The molecule has 18 heavy (non-hydrogen) atoms. The molecular weight excluding hydrogens is 271 g/mol. The molecule has 0 saturated carbocycles. The number of aliphatic hydroxyl groups is 1. The highest BCUT2D eigenvalue weighted by atomic mass is 35.5. The first-order chi connectivity index (χ1) is 8.47. The lowest BCUT2D eigenvalue weighted by Crippen LogP contribution is -2.41. The van der Waals surface area contributed by atoms with E-state index in [1.807, 2.05) is 13.0 Å². The molecule has 1 saturated heterocycles. The van der Waals surface area contributed by atoms with E-state index in [1.165, 1.54) is 0 Å². The molecule has 0 amide bonds. The molecule has 3 nitrogen and oxygen atoms in total. The Labute approximate surface area is 118 Å². The summed E-state index contributed by atoms with van der Waals surface area (Å²) in [6.45, 7) is 6.37. The van der Waals surface area contributed by atoms with E-state index >= 15 is 0 Å². The number of aryl methyl sites for hydroxylation is 1. The summed E-state index contributed by atoms with van der Waals surface area (Å²) in [6.07, 6.45) is 0.610. The zero-order valence-corrected chi connectivity index (χ0v) is 12.2. The van der Waals surface area contributed by atoms with Gasteiger partial charge in [-0.3, -0.25) is 4.90 Å². The quantitative estimate of drug-likeness (QED) is 0.850. The standard InChI is InChI=1S/C13H18Cl2N2O/c1-8-6-17(4-3-12(8)18)7-10-11(14)5-9(2)16-13(10)15/h5,8,12,18H,3-4,6-7H2,1-2H3. The Morgan fingerprint density at radius 3 is 2.83 bits per heavy atom. The number of aliphatic hydroxyl groups excluding tert-OH is 1.